The second-order valence-electron chi connectivity index (χ2n) is 7.98. The number of halogens is 11. The molecule has 238 valence electrons. The third-order valence-corrected chi connectivity index (χ3v) is 6.25. The van der Waals surface area contributed by atoms with Crippen molar-refractivity contribution in [2.24, 2.45) is 5.73 Å². The lowest BCUT2D eigenvalue weighted by Gasteiger charge is -2.39. The van der Waals surface area contributed by atoms with E-state index >= 15 is 0 Å². The van der Waals surface area contributed by atoms with Gasteiger partial charge in [0.05, 0.1) is 11.7 Å². The van der Waals surface area contributed by atoms with Crippen LogP contribution >= 0.6 is 11.8 Å². The maximum atomic E-state index is 14.5. The summed E-state index contributed by atoms with van der Waals surface area (Å²) >= 11 is -0.852. The molecule has 0 rings (SSSR count). The molecule has 0 heterocycles. The third-order valence-electron chi connectivity index (χ3n) is 4.86. The van der Waals surface area contributed by atoms with Crippen molar-refractivity contribution >= 4 is 41.5 Å². The van der Waals surface area contributed by atoms with Gasteiger partial charge in [0.1, 0.15) is 18.6 Å². The fourth-order valence-electron chi connectivity index (χ4n) is 2.59. The Morgan fingerprint density at radius 3 is 1.71 bits per heavy atom. The number of nitrogens with one attached hydrogen (secondary N) is 2. The summed E-state index contributed by atoms with van der Waals surface area (Å²) in [5.41, 5.74) is 5.14. The van der Waals surface area contributed by atoms with Crippen molar-refractivity contribution in [2.45, 2.75) is 66.5 Å². The molecular weight excluding hydrogens is 627 g/mol. The average Bonchev–Trinajstić information content (AvgIpc) is 2.80. The number of hydrogen-bond acceptors (Lipinski definition) is 7. The van der Waals surface area contributed by atoms with Crippen LogP contribution in [-0.4, -0.2) is 105 Å². The minimum atomic E-state index is -7.84. The van der Waals surface area contributed by atoms with Gasteiger partial charge >= 0.3 is 47.8 Å². The lowest BCUT2D eigenvalue weighted by atomic mass is 9.95. The van der Waals surface area contributed by atoms with Crippen molar-refractivity contribution in [3.63, 3.8) is 0 Å². The van der Waals surface area contributed by atoms with Gasteiger partial charge in [-0.1, -0.05) is 0 Å². The first kappa shape index (κ1) is 37.9. The molecule has 0 radical (unpaired) electrons. The van der Waals surface area contributed by atoms with Crippen molar-refractivity contribution < 1.29 is 87.6 Å². The minimum Gasteiger partial charge on any atom is -0.481 e. The van der Waals surface area contributed by atoms with Gasteiger partial charge in [0, 0.05) is 12.2 Å². The van der Waals surface area contributed by atoms with E-state index in [4.69, 9.17) is 21.1 Å². The number of alkyl halides is 11. The standard InChI is InChI=1S/C18H20F11N3O8S/c19-14(20,15(21,22)16(23,24)17(25,26)18(27,28)29)8(3-10(34)35)41-5-7(12(38)31-4-11(36)37)32-9(33)2-1-6(30)13(39)40/h6-8H,1-5,30H2,(H,31,38)(H,32,33)(H,34,35)(H,36,37)(H,39,40)/t6-,7-,8?/m0/s1. The second kappa shape index (κ2) is 13.7. The number of aliphatic carboxylic acids is 3. The van der Waals surface area contributed by atoms with E-state index in [9.17, 15) is 72.3 Å². The molecule has 23 heteroatoms. The van der Waals surface area contributed by atoms with Crippen LogP contribution in [0.2, 0.25) is 0 Å². The molecule has 7 N–H and O–H groups in total. The molecule has 11 nitrogen and oxygen atoms in total. The zero-order valence-electron chi connectivity index (χ0n) is 19.8. The lowest BCUT2D eigenvalue weighted by Crippen LogP contribution is -2.68. The van der Waals surface area contributed by atoms with E-state index in [0.29, 0.717) is 0 Å². The van der Waals surface area contributed by atoms with Gasteiger partial charge < -0.3 is 31.7 Å². The maximum Gasteiger partial charge on any atom is 0.460 e. The SMILES string of the molecule is N[C@@H](CCC(=O)N[C@@H](CSC(CC(=O)O)C(F)(F)C(F)(F)C(F)(F)C(F)(F)C(F)(F)F)C(=O)NCC(=O)O)C(=O)O. The van der Waals surface area contributed by atoms with Crippen molar-refractivity contribution in [3.05, 3.63) is 0 Å². The molecule has 0 aromatic heterocycles. The fraction of sp³-hybridized carbons (Fsp3) is 0.722. The lowest BCUT2D eigenvalue weighted by molar-refractivity contribution is -0.421. The van der Waals surface area contributed by atoms with Gasteiger partial charge in [-0.05, 0) is 6.42 Å². The van der Waals surface area contributed by atoms with Crippen molar-refractivity contribution in [1.29, 1.82) is 0 Å². The fourth-order valence-corrected chi connectivity index (χ4v) is 3.87. The van der Waals surface area contributed by atoms with E-state index in [1.54, 1.807) is 10.6 Å². The molecule has 2 amide bonds. The predicted octanol–water partition coefficient (Wildman–Crippen LogP) is 1.54. The van der Waals surface area contributed by atoms with Gasteiger partial charge in [-0.2, -0.15) is 48.3 Å². The molecule has 0 saturated heterocycles. The van der Waals surface area contributed by atoms with Crippen LogP contribution in [0.4, 0.5) is 48.3 Å². The Kier molecular flexibility index (Phi) is 12.7. The molecular formula is C18H20F11N3O8S. The molecule has 0 aromatic carbocycles. The van der Waals surface area contributed by atoms with E-state index < -0.39 is 120 Å². The Hall–Kier alpha value is -3.11. The highest BCUT2D eigenvalue weighted by Crippen LogP contribution is 2.59. The summed E-state index contributed by atoms with van der Waals surface area (Å²) < 4.78 is 148. The van der Waals surface area contributed by atoms with Crippen molar-refractivity contribution in [2.75, 3.05) is 12.3 Å². The van der Waals surface area contributed by atoms with E-state index in [1.807, 2.05) is 0 Å². The summed E-state index contributed by atoms with van der Waals surface area (Å²) in [5, 5.41) is 25.6. The van der Waals surface area contributed by atoms with Crippen LogP contribution in [0.15, 0.2) is 0 Å². The second-order valence-corrected chi connectivity index (χ2v) is 9.21. The molecule has 0 fully saturated rings. The van der Waals surface area contributed by atoms with E-state index in [2.05, 4.69) is 0 Å². The number of rotatable bonds is 17. The van der Waals surface area contributed by atoms with Crippen LogP contribution in [0.25, 0.3) is 0 Å². The van der Waals surface area contributed by atoms with Crippen molar-refractivity contribution in [1.82, 2.24) is 10.6 Å². The van der Waals surface area contributed by atoms with E-state index in [-0.39, 0.29) is 0 Å². The Bertz CT molecular complexity index is 997. The van der Waals surface area contributed by atoms with Gasteiger partial charge in [0.2, 0.25) is 11.8 Å². The molecule has 1 unspecified atom stereocenters. The number of carboxylic acids is 3. The first-order chi connectivity index (χ1) is 18.2. The quantitative estimate of drug-likeness (QED) is 0.126. The van der Waals surface area contributed by atoms with Crippen LogP contribution in [0.3, 0.4) is 0 Å². The number of carbonyl (C=O) groups is 5. The van der Waals surface area contributed by atoms with Gasteiger partial charge in [0.15, 0.2) is 0 Å². The molecule has 0 saturated carbocycles. The number of carboxylic acid groups (broad SMARTS) is 3. The number of thioether (sulfide) groups is 1. The summed E-state index contributed by atoms with van der Waals surface area (Å²) in [7, 11) is 0. The van der Waals surface area contributed by atoms with Crippen LogP contribution in [0.1, 0.15) is 19.3 Å². The number of carbonyl (C=O) groups excluding carboxylic acids is 2. The Labute approximate surface area is 225 Å². The van der Waals surface area contributed by atoms with Crippen molar-refractivity contribution in [3.8, 4) is 0 Å². The van der Waals surface area contributed by atoms with Gasteiger partial charge in [-0.15, -0.1) is 11.8 Å². The summed E-state index contributed by atoms with van der Waals surface area (Å²) in [5.74, 6) is -40.0. The Balaban J connectivity index is 6.27. The number of hydrogen-bond donors (Lipinski definition) is 6. The average molecular weight is 647 g/mol. The zero-order chi connectivity index (χ0) is 32.8. The monoisotopic (exact) mass is 647 g/mol. The number of amides is 2. The summed E-state index contributed by atoms with van der Waals surface area (Å²) in [4.78, 5) is 56.5. The first-order valence-corrected chi connectivity index (χ1v) is 11.5. The third kappa shape index (κ3) is 9.19. The Morgan fingerprint density at radius 1 is 0.780 bits per heavy atom. The molecule has 0 bridgehead atoms. The highest BCUT2D eigenvalue weighted by Gasteiger charge is 2.87. The van der Waals surface area contributed by atoms with Crippen LogP contribution in [-0.2, 0) is 24.0 Å². The zero-order valence-corrected chi connectivity index (χ0v) is 20.6. The van der Waals surface area contributed by atoms with E-state index in [1.165, 1.54) is 0 Å². The predicted molar refractivity (Wildman–Crippen MR) is 112 cm³/mol. The molecule has 0 aliphatic carbocycles. The molecule has 0 aliphatic heterocycles. The molecule has 0 aliphatic rings. The molecule has 0 spiro atoms. The topological polar surface area (TPSA) is 196 Å². The van der Waals surface area contributed by atoms with E-state index in [0.717, 1.165) is 0 Å². The molecule has 41 heavy (non-hydrogen) atoms. The minimum absolute atomic E-state index is 0.619. The molecule has 3 atom stereocenters. The van der Waals surface area contributed by atoms with Gasteiger partial charge in [0.25, 0.3) is 0 Å². The van der Waals surface area contributed by atoms with Crippen LogP contribution in [0, 0.1) is 0 Å². The highest BCUT2D eigenvalue weighted by atomic mass is 32.2. The van der Waals surface area contributed by atoms with Gasteiger partial charge in [-0.25, -0.2) is 0 Å². The van der Waals surface area contributed by atoms with Gasteiger partial charge in [-0.3, -0.25) is 24.0 Å². The van der Waals surface area contributed by atoms with Crippen LogP contribution < -0.4 is 16.4 Å². The Morgan fingerprint density at radius 2 is 1.29 bits per heavy atom. The summed E-state index contributed by atoms with van der Waals surface area (Å²) in [6.45, 7) is -1.22. The van der Waals surface area contributed by atoms with Crippen LogP contribution in [0.5, 0.6) is 0 Å². The summed E-state index contributed by atoms with van der Waals surface area (Å²) in [6.07, 6.45) is -11.2. The smallest absolute Gasteiger partial charge is 0.460 e. The normalized spacial score (nSPS) is 15.4. The number of nitrogens with two attached hydrogens (primary N) is 1. The first-order valence-electron chi connectivity index (χ1n) is 10.4. The summed E-state index contributed by atoms with van der Waals surface area (Å²) in [6, 6.07) is -3.92. The largest absolute Gasteiger partial charge is 0.481 e. The maximum absolute atomic E-state index is 14.5. The highest BCUT2D eigenvalue weighted by molar-refractivity contribution is 8.00. The molecule has 0 aromatic rings.